The summed E-state index contributed by atoms with van der Waals surface area (Å²) < 4.78 is 31.6. The molecule has 0 radical (unpaired) electrons. The third-order valence-electron chi connectivity index (χ3n) is 2.65. The van der Waals surface area contributed by atoms with Crippen LogP contribution >= 0.6 is 11.3 Å². The van der Waals surface area contributed by atoms with Gasteiger partial charge in [0.15, 0.2) is 0 Å². The maximum atomic E-state index is 12.7. The molecule has 0 aliphatic rings. The lowest BCUT2D eigenvalue weighted by Crippen LogP contribution is -2.34. The van der Waals surface area contributed by atoms with Crippen molar-refractivity contribution in [2.75, 3.05) is 26.8 Å². The van der Waals surface area contributed by atoms with Gasteiger partial charge in [-0.1, -0.05) is 6.08 Å². The van der Waals surface area contributed by atoms with Crippen molar-refractivity contribution >= 4 is 21.4 Å². The van der Waals surface area contributed by atoms with Crippen LogP contribution in [-0.2, 0) is 21.3 Å². The lowest BCUT2D eigenvalue weighted by Gasteiger charge is -2.21. The van der Waals surface area contributed by atoms with Crippen LogP contribution in [0.2, 0.25) is 0 Å². The van der Waals surface area contributed by atoms with E-state index in [-0.39, 0.29) is 13.1 Å². The summed E-state index contributed by atoms with van der Waals surface area (Å²) in [6.45, 7) is 6.50. The van der Waals surface area contributed by atoms with Crippen molar-refractivity contribution in [2.45, 2.75) is 18.4 Å². The monoisotopic (exact) mass is 304 g/mol. The van der Waals surface area contributed by atoms with Crippen LogP contribution in [0.1, 0.15) is 10.4 Å². The van der Waals surface area contributed by atoms with E-state index in [4.69, 9.17) is 10.5 Å². The zero-order chi connectivity index (χ0) is 14.5. The van der Waals surface area contributed by atoms with Gasteiger partial charge in [-0.05, 0) is 17.9 Å². The fourth-order valence-corrected chi connectivity index (χ4v) is 4.80. The molecule has 0 spiro atoms. The number of thiophene rings is 1. The van der Waals surface area contributed by atoms with Gasteiger partial charge in [-0.25, -0.2) is 8.42 Å². The van der Waals surface area contributed by atoms with Crippen LogP contribution in [0.4, 0.5) is 0 Å². The van der Waals surface area contributed by atoms with E-state index in [2.05, 4.69) is 6.58 Å². The maximum absolute atomic E-state index is 12.7. The molecule has 0 bridgehead atoms. The molecular weight excluding hydrogens is 284 g/mol. The van der Waals surface area contributed by atoms with Gasteiger partial charge in [0.05, 0.1) is 6.61 Å². The molecule has 1 aromatic heterocycles. The molecule has 0 unspecified atom stereocenters. The van der Waals surface area contributed by atoms with Gasteiger partial charge in [0.25, 0.3) is 0 Å². The zero-order valence-corrected chi connectivity index (χ0v) is 12.9. The van der Waals surface area contributed by atoms with Crippen molar-refractivity contribution < 1.29 is 13.2 Å². The minimum Gasteiger partial charge on any atom is -0.383 e. The van der Waals surface area contributed by atoms with E-state index in [1.165, 1.54) is 15.6 Å². The molecule has 1 rings (SSSR count). The number of aryl methyl sites for hydroxylation is 1. The van der Waals surface area contributed by atoms with Crippen LogP contribution in [0.5, 0.6) is 0 Å². The number of hydrogen-bond acceptors (Lipinski definition) is 5. The van der Waals surface area contributed by atoms with Gasteiger partial charge in [-0.3, -0.25) is 0 Å². The molecule has 5 nitrogen and oxygen atoms in total. The minimum absolute atomic E-state index is 0.222. The van der Waals surface area contributed by atoms with Crippen molar-refractivity contribution in [1.82, 2.24) is 4.31 Å². The van der Waals surface area contributed by atoms with Gasteiger partial charge in [0, 0.05) is 31.6 Å². The maximum Gasteiger partial charge on any atom is 0.244 e. The predicted molar refractivity (Wildman–Crippen MR) is 77.8 cm³/mol. The topological polar surface area (TPSA) is 72.6 Å². The normalized spacial score (nSPS) is 12.0. The highest BCUT2D eigenvalue weighted by atomic mass is 32.2. The SMILES string of the molecule is C=CCN(CCOC)S(=O)(=O)c1c(C)csc1CN. The summed E-state index contributed by atoms with van der Waals surface area (Å²) in [7, 11) is -2.01. The summed E-state index contributed by atoms with van der Waals surface area (Å²) in [4.78, 5) is 1.02. The van der Waals surface area contributed by atoms with Crippen LogP contribution in [0.3, 0.4) is 0 Å². The van der Waals surface area contributed by atoms with E-state index in [1.54, 1.807) is 20.1 Å². The molecule has 0 amide bonds. The van der Waals surface area contributed by atoms with Crippen LogP contribution in [0.25, 0.3) is 0 Å². The lowest BCUT2D eigenvalue weighted by atomic mass is 10.3. The van der Waals surface area contributed by atoms with Crippen LogP contribution in [0, 0.1) is 6.92 Å². The van der Waals surface area contributed by atoms with Crippen molar-refractivity contribution in [1.29, 1.82) is 0 Å². The molecular formula is C12H20N2O3S2. The molecule has 1 aromatic rings. The van der Waals surface area contributed by atoms with E-state index in [9.17, 15) is 8.42 Å². The van der Waals surface area contributed by atoms with Crippen molar-refractivity contribution in [3.8, 4) is 0 Å². The smallest absolute Gasteiger partial charge is 0.244 e. The summed E-state index contributed by atoms with van der Waals surface area (Å²) in [5.41, 5.74) is 6.35. The molecule has 0 fully saturated rings. The first-order valence-corrected chi connectivity index (χ1v) is 8.18. The van der Waals surface area contributed by atoms with E-state index >= 15 is 0 Å². The Labute approximate surface area is 118 Å². The number of nitrogens with zero attached hydrogens (tertiary/aromatic N) is 1. The average Bonchev–Trinajstić information content (AvgIpc) is 2.76. The van der Waals surface area contributed by atoms with Gasteiger partial charge in [-0.2, -0.15) is 4.31 Å². The third kappa shape index (κ3) is 3.64. The molecule has 19 heavy (non-hydrogen) atoms. The quantitative estimate of drug-likeness (QED) is 0.736. The van der Waals surface area contributed by atoms with Crippen molar-refractivity contribution in [2.24, 2.45) is 5.73 Å². The van der Waals surface area contributed by atoms with Gasteiger partial charge >= 0.3 is 0 Å². The van der Waals surface area contributed by atoms with E-state index in [0.717, 1.165) is 5.56 Å². The van der Waals surface area contributed by atoms with Crippen LogP contribution < -0.4 is 5.73 Å². The van der Waals surface area contributed by atoms with E-state index in [1.807, 2.05) is 5.38 Å². The van der Waals surface area contributed by atoms with Crippen molar-refractivity contribution in [3.05, 3.63) is 28.5 Å². The summed E-state index contributed by atoms with van der Waals surface area (Å²) in [5, 5.41) is 1.82. The largest absolute Gasteiger partial charge is 0.383 e. The molecule has 108 valence electrons. The second kappa shape index (κ2) is 7.16. The molecule has 0 saturated heterocycles. The first-order valence-electron chi connectivity index (χ1n) is 5.86. The van der Waals surface area contributed by atoms with Crippen LogP contribution in [-0.4, -0.2) is 39.5 Å². The fraction of sp³-hybridized carbons (Fsp3) is 0.500. The first kappa shape index (κ1) is 16.3. The number of methoxy groups -OCH3 is 1. The predicted octanol–water partition coefficient (Wildman–Crippen LogP) is 1.34. The minimum atomic E-state index is -3.55. The molecule has 0 aliphatic heterocycles. The Balaban J connectivity index is 3.18. The van der Waals surface area contributed by atoms with Crippen molar-refractivity contribution in [3.63, 3.8) is 0 Å². The first-order chi connectivity index (χ1) is 8.98. The molecule has 7 heteroatoms. The van der Waals surface area contributed by atoms with Gasteiger partial charge in [0.2, 0.25) is 10.0 Å². The Morgan fingerprint density at radius 2 is 2.26 bits per heavy atom. The Bertz CT molecular complexity index is 523. The number of nitrogens with two attached hydrogens (primary N) is 1. The number of sulfonamides is 1. The van der Waals surface area contributed by atoms with Gasteiger partial charge in [-0.15, -0.1) is 17.9 Å². The summed E-state index contributed by atoms with van der Waals surface area (Å²) in [5.74, 6) is 0. The Hall–Kier alpha value is -0.730. The standard InChI is InChI=1S/C12H20N2O3S2/c1-4-5-14(6-7-17-3)19(15,16)12-10(2)9-18-11(12)8-13/h4,9H,1,5-8,13H2,2-3H3. The molecule has 1 heterocycles. The number of rotatable bonds is 8. The Morgan fingerprint density at radius 1 is 1.58 bits per heavy atom. The highest BCUT2D eigenvalue weighted by Crippen LogP contribution is 2.29. The molecule has 0 saturated carbocycles. The molecule has 2 N–H and O–H groups in total. The molecule has 0 aromatic carbocycles. The number of hydrogen-bond donors (Lipinski definition) is 1. The second-order valence-electron chi connectivity index (χ2n) is 4.02. The third-order valence-corrected chi connectivity index (χ3v) is 6.00. The summed E-state index contributed by atoms with van der Waals surface area (Å²) >= 11 is 1.37. The fourth-order valence-electron chi connectivity index (χ4n) is 1.75. The van der Waals surface area contributed by atoms with E-state index in [0.29, 0.717) is 22.9 Å². The zero-order valence-electron chi connectivity index (χ0n) is 11.3. The highest BCUT2D eigenvalue weighted by molar-refractivity contribution is 7.89. The number of ether oxygens (including phenoxy) is 1. The lowest BCUT2D eigenvalue weighted by molar-refractivity contribution is 0.182. The molecule has 0 aliphatic carbocycles. The Morgan fingerprint density at radius 3 is 2.79 bits per heavy atom. The van der Waals surface area contributed by atoms with E-state index < -0.39 is 10.0 Å². The highest BCUT2D eigenvalue weighted by Gasteiger charge is 2.28. The van der Waals surface area contributed by atoms with Gasteiger partial charge in [0.1, 0.15) is 4.90 Å². The summed E-state index contributed by atoms with van der Waals surface area (Å²) in [6.07, 6.45) is 1.57. The Kier molecular flexibility index (Phi) is 6.15. The summed E-state index contributed by atoms with van der Waals surface area (Å²) in [6, 6.07) is 0. The molecule has 0 atom stereocenters. The average molecular weight is 304 g/mol. The van der Waals surface area contributed by atoms with Gasteiger partial charge < -0.3 is 10.5 Å². The van der Waals surface area contributed by atoms with Crippen LogP contribution in [0.15, 0.2) is 22.9 Å². The second-order valence-corrected chi connectivity index (χ2v) is 6.86.